The maximum absolute atomic E-state index is 12.3. The molecule has 2 amide bonds. The number of halogens is 1. The number of carbonyl (C=O) groups excluding carboxylic acids is 2. The van der Waals surface area contributed by atoms with Crippen LogP contribution in [-0.2, 0) is 4.79 Å². The van der Waals surface area contributed by atoms with E-state index in [-0.39, 0.29) is 24.3 Å². The normalized spacial score (nSPS) is 16.8. The minimum atomic E-state index is -0.267. The Morgan fingerprint density at radius 2 is 1.96 bits per heavy atom. The summed E-state index contributed by atoms with van der Waals surface area (Å²) in [6.45, 7) is 2.95. The van der Waals surface area contributed by atoms with Crippen LogP contribution in [0.4, 0.5) is 5.69 Å². The fraction of sp³-hybridized carbons (Fsp3) is 0.263. The number of anilines is 1. The van der Waals surface area contributed by atoms with Gasteiger partial charge in [0.25, 0.3) is 5.91 Å². The highest BCUT2D eigenvalue weighted by molar-refractivity contribution is 6.33. The molecule has 5 nitrogen and oxygen atoms in total. The van der Waals surface area contributed by atoms with E-state index in [1.807, 2.05) is 31.2 Å². The van der Waals surface area contributed by atoms with Gasteiger partial charge in [0.1, 0.15) is 5.75 Å². The summed E-state index contributed by atoms with van der Waals surface area (Å²) in [6, 6.07) is 14.0. The molecule has 1 heterocycles. The van der Waals surface area contributed by atoms with Gasteiger partial charge >= 0.3 is 0 Å². The van der Waals surface area contributed by atoms with Crippen molar-refractivity contribution in [1.82, 2.24) is 5.32 Å². The SMILES string of the molecule is CCOc1ccc(N2C[C@@H](NC(=O)c3ccccc3Cl)CC2=O)cc1. The van der Waals surface area contributed by atoms with Gasteiger partial charge in [-0.3, -0.25) is 9.59 Å². The topological polar surface area (TPSA) is 58.6 Å². The largest absolute Gasteiger partial charge is 0.494 e. The first-order valence-electron chi connectivity index (χ1n) is 8.17. The third-order valence-electron chi connectivity index (χ3n) is 4.04. The Bertz CT molecular complexity index is 776. The molecule has 6 heteroatoms. The predicted molar refractivity (Wildman–Crippen MR) is 97.3 cm³/mol. The molecule has 0 spiro atoms. The lowest BCUT2D eigenvalue weighted by Crippen LogP contribution is -2.37. The van der Waals surface area contributed by atoms with E-state index in [0.29, 0.717) is 23.7 Å². The van der Waals surface area contributed by atoms with Crippen LogP contribution < -0.4 is 15.0 Å². The summed E-state index contributed by atoms with van der Waals surface area (Å²) in [4.78, 5) is 26.3. The van der Waals surface area contributed by atoms with Gasteiger partial charge in [-0.2, -0.15) is 0 Å². The van der Waals surface area contributed by atoms with Gasteiger partial charge in [-0.25, -0.2) is 0 Å². The van der Waals surface area contributed by atoms with Gasteiger partial charge in [0.15, 0.2) is 0 Å². The predicted octanol–water partition coefficient (Wildman–Crippen LogP) is 3.27. The van der Waals surface area contributed by atoms with Crippen LogP contribution >= 0.6 is 11.6 Å². The number of carbonyl (C=O) groups is 2. The zero-order valence-corrected chi connectivity index (χ0v) is 14.6. The molecular formula is C19H19ClN2O3. The third-order valence-corrected chi connectivity index (χ3v) is 4.37. The molecule has 1 atom stereocenters. The van der Waals surface area contributed by atoms with Crippen molar-refractivity contribution in [1.29, 1.82) is 0 Å². The molecule has 0 unspecified atom stereocenters. The smallest absolute Gasteiger partial charge is 0.253 e. The molecule has 3 rings (SSSR count). The van der Waals surface area contributed by atoms with E-state index < -0.39 is 0 Å². The molecule has 1 aliphatic rings. The Hall–Kier alpha value is -2.53. The lowest BCUT2D eigenvalue weighted by molar-refractivity contribution is -0.117. The molecule has 1 aliphatic heterocycles. The van der Waals surface area contributed by atoms with E-state index in [0.717, 1.165) is 11.4 Å². The Morgan fingerprint density at radius 1 is 1.24 bits per heavy atom. The van der Waals surface area contributed by atoms with Crippen LogP contribution in [0.15, 0.2) is 48.5 Å². The molecule has 0 bridgehead atoms. The van der Waals surface area contributed by atoms with Crippen LogP contribution in [-0.4, -0.2) is 31.0 Å². The number of hydrogen-bond acceptors (Lipinski definition) is 3. The van der Waals surface area contributed by atoms with E-state index in [2.05, 4.69) is 5.32 Å². The molecule has 25 heavy (non-hydrogen) atoms. The summed E-state index contributed by atoms with van der Waals surface area (Å²) in [7, 11) is 0. The fourth-order valence-electron chi connectivity index (χ4n) is 2.85. The highest BCUT2D eigenvalue weighted by Gasteiger charge is 2.32. The molecule has 0 radical (unpaired) electrons. The van der Waals surface area contributed by atoms with Crippen LogP contribution in [0.3, 0.4) is 0 Å². The van der Waals surface area contributed by atoms with Crippen molar-refractivity contribution in [3.05, 3.63) is 59.1 Å². The quantitative estimate of drug-likeness (QED) is 0.892. The molecule has 2 aromatic carbocycles. The minimum Gasteiger partial charge on any atom is -0.494 e. The van der Waals surface area contributed by atoms with Gasteiger partial charge in [-0.05, 0) is 43.3 Å². The van der Waals surface area contributed by atoms with E-state index in [9.17, 15) is 9.59 Å². The van der Waals surface area contributed by atoms with E-state index >= 15 is 0 Å². The molecule has 0 aromatic heterocycles. The molecule has 0 aliphatic carbocycles. The first kappa shape index (κ1) is 17.3. The van der Waals surface area contributed by atoms with E-state index in [4.69, 9.17) is 16.3 Å². The fourth-order valence-corrected chi connectivity index (χ4v) is 3.07. The van der Waals surface area contributed by atoms with Crippen molar-refractivity contribution < 1.29 is 14.3 Å². The number of rotatable bonds is 5. The number of ether oxygens (including phenoxy) is 1. The lowest BCUT2D eigenvalue weighted by Gasteiger charge is -2.18. The van der Waals surface area contributed by atoms with E-state index in [1.54, 1.807) is 29.2 Å². The average molecular weight is 359 g/mol. The van der Waals surface area contributed by atoms with Crippen LogP contribution in [0, 0.1) is 0 Å². The average Bonchev–Trinajstić information content (AvgIpc) is 2.96. The summed E-state index contributed by atoms with van der Waals surface area (Å²) < 4.78 is 5.41. The van der Waals surface area contributed by atoms with Crippen LogP contribution in [0.5, 0.6) is 5.75 Å². The summed E-state index contributed by atoms with van der Waals surface area (Å²) in [6.07, 6.45) is 0.267. The second-order valence-electron chi connectivity index (χ2n) is 5.79. The molecule has 1 fully saturated rings. The monoisotopic (exact) mass is 358 g/mol. The maximum Gasteiger partial charge on any atom is 0.253 e. The first-order valence-corrected chi connectivity index (χ1v) is 8.55. The summed E-state index contributed by atoms with van der Waals surface area (Å²) in [5, 5.41) is 3.28. The van der Waals surface area contributed by atoms with Crippen molar-refractivity contribution in [3.63, 3.8) is 0 Å². The summed E-state index contributed by atoms with van der Waals surface area (Å²) >= 11 is 6.05. The Labute approximate surface area is 151 Å². The number of nitrogens with zero attached hydrogens (tertiary/aromatic N) is 1. The zero-order valence-electron chi connectivity index (χ0n) is 13.9. The van der Waals surface area contributed by atoms with Crippen LogP contribution in [0.1, 0.15) is 23.7 Å². The number of nitrogens with one attached hydrogen (secondary N) is 1. The molecule has 1 N–H and O–H groups in total. The standard InChI is InChI=1S/C19H19ClN2O3/c1-2-25-15-9-7-14(8-10-15)22-12-13(11-18(22)23)21-19(24)16-5-3-4-6-17(16)20/h3-10,13H,2,11-12H2,1H3,(H,21,24)/t13-/m0/s1. The Kier molecular flexibility index (Phi) is 5.24. The molecule has 0 saturated carbocycles. The van der Waals surface area contributed by atoms with Gasteiger partial charge in [0.2, 0.25) is 5.91 Å². The number of amides is 2. The highest BCUT2D eigenvalue weighted by atomic mass is 35.5. The molecule has 1 saturated heterocycles. The van der Waals surface area contributed by atoms with Gasteiger partial charge in [0.05, 0.1) is 23.2 Å². The highest BCUT2D eigenvalue weighted by Crippen LogP contribution is 2.24. The van der Waals surface area contributed by atoms with Crippen molar-refractivity contribution in [2.24, 2.45) is 0 Å². The number of hydrogen-bond donors (Lipinski definition) is 1. The lowest BCUT2D eigenvalue weighted by atomic mass is 10.2. The molecule has 130 valence electrons. The molecular weight excluding hydrogens is 340 g/mol. The van der Waals surface area contributed by atoms with Gasteiger partial charge in [0, 0.05) is 18.7 Å². The number of benzene rings is 2. The minimum absolute atomic E-state index is 0.0198. The Balaban J connectivity index is 1.66. The van der Waals surface area contributed by atoms with E-state index in [1.165, 1.54) is 0 Å². The summed E-state index contributed by atoms with van der Waals surface area (Å²) in [5.41, 5.74) is 1.21. The zero-order chi connectivity index (χ0) is 17.8. The molecule has 2 aromatic rings. The van der Waals surface area contributed by atoms with Crippen LogP contribution in [0.25, 0.3) is 0 Å². The summed E-state index contributed by atoms with van der Waals surface area (Å²) in [5.74, 6) is 0.479. The van der Waals surface area contributed by atoms with Gasteiger partial charge < -0.3 is 15.0 Å². The first-order chi connectivity index (χ1) is 12.1. The van der Waals surface area contributed by atoms with Crippen molar-refractivity contribution in [3.8, 4) is 5.75 Å². The van der Waals surface area contributed by atoms with Crippen molar-refractivity contribution in [2.45, 2.75) is 19.4 Å². The van der Waals surface area contributed by atoms with Gasteiger partial charge in [-0.1, -0.05) is 23.7 Å². The second-order valence-corrected chi connectivity index (χ2v) is 6.19. The van der Waals surface area contributed by atoms with Crippen molar-refractivity contribution in [2.75, 3.05) is 18.1 Å². The third kappa shape index (κ3) is 3.94. The second kappa shape index (κ2) is 7.57. The Morgan fingerprint density at radius 3 is 2.64 bits per heavy atom. The maximum atomic E-state index is 12.3. The van der Waals surface area contributed by atoms with Crippen LogP contribution in [0.2, 0.25) is 5.02 Å². The van der Waals surface area contributed by atoms with Crippen molar-refractivity contribution >= 4 is 29.1 Å². The van der Waals surface area contributed by atoms with Gasteiger partial charge in [-0.15, -0.1) is 0 Å².